The van der Waals surface area contributed by atoms with Crippen molar-refractivity contribution < 1.29 is 19.4 Å². The van der Waals surface area contributed by atoms with Crippen LogP contribution < -0.4 is 15.0 Å². The smallest absolute Gasteiger partial charge is 0.300 e. The monoisotopic (exact) mass is 532 g/mol. The number of carbonyl (C=O) groups excluding carboxylic acids is 2. The second-order valence-corrected chi connectivity index (χ2v) is 9.95. The maximum absolute atomic E-state index is 13.5. The van der Waals surface area contributed by atoms with E-state index in [0.717, 1.165) is 40.2 Å². The van der Waals surface area contributed by atoms with Gasteiger partial charge >= 0.3 is 0 Å². The summed E-state index contributed by atoms with van der Waals surface area (Å²) in [5.41, 5.74) is 5.43. The van der Waals surface area contributed by atoms with Crippen molar-refractivity contribution in [2.45, 2.75) is 33.2 Å². The molecule has 1 aliphatic heterocycles. The fraction of sp³-hybridized carbons (Fsp3) is 0.176. The second kappa shape index (κ2) is 11.5. The Morgan fingerprint density at radius 2 is 1.60 bits per heavy atom. The first-order chi connectivity index (χ1) is 19.4. The van der Waals surface area contributed by atoms with E-state index in [1.807, 2.05) is 99.6 Å². The Morgan fingerprint density at radius 1 is 0.875 bits per heavy atom. The van der Waals surface area contributed by atoms with Crippen LogP contribution in [0.15, 0.2) is 103 Å². The third-order valence-corrected chi connectivity index (χ3v) is 6.92. The van der Waals surface area contributed by atoms with Crippen molar-refractivity contribution in [2.75, 3.05) is 16.8 Å². The molecule has 6 nitrogen and oxygen atoms in total. The molecular formula is C34H32N2O4. The van der Waals surface area contributed by atoms with Crippen molar-refractivity contribution >= 4 is 34.5 Å². The summed E-state index contributed by atoms with van der Waals surface area (Å²) in [7, 11) is 0. The summed E-state index contributed by atoms with van der Waals surface area (Å²) in [6.45, 7) is 6.47. The lowest BCUT2D eigenvalue weighted by atomic mass is 9.94. The van der Waals surface area contributed by atoms with Crippen molar-refractivity contribution in [1.82, 2.24) is 0 Å². The molecule has 0 radical (unpaired) electrons. The third kappa shape index (κ3) is 5.34. The predicted octanol–water partition coefficient (Wildman–Crippen LogP) is 7.46. The normalized spacial score (nSPS) is 16.3. The molecule has 1 fully saturated rings. The van der Waals surface area contributed by atoms with E-state index in [0.29, 0.717) is 17.9 Å². The van der Waals surface area contributed by atoms with Crippen molar-refractivity contribution in [3.8, 4) is 5.75 Å². The average Bonchev–Trinajstić information content (AvgIpc) is 3.23. The van der Waals surface area contributed by atoms with Gasteiger partial charge in [-0.2, -0.15) is 0 Å². The van der Waals surface area contributed by atoms with Gasteiger partial charge in [0.2, 0.25) is 0 Å². The summed E-state index contributed by atoms with van der Waals surface area (Å²) in [5, 5.41) is 14.8. The quantitative estimate of drug-likeness (QED) is 0.140. The molecule has 2 N–H and O–H groups in total. The first-order valence-corrected chi connectivity index (χ1v) is 13.4. The SMILES string of the molecule is CCCOc1ccc(/C(O)=C2/C(=O)C(=O)N(c3ccc(Nc4ccccc4)cc3)C2c2cccc(C)c2)cc1C. The number of nitrogens with one attached hydrogen (secondary N) is 1. The highest BCUT2D eigenvalue weighted by molar-refractivity contribution is 6.51. The van der Waals surface area contributed by atoms with Crippen LogP contribution in [0.5, 0.6) is 5.75 Å². The van der Waals surface area contributed by atoms with E-state index in [1.54, 1.807) is 18.2 Å². The van der Waals surface area contributed by atoms with E-state index in [4.69, 9.17) is 4.74 Å². The number of aliphatic hydroxyl groups is 1. The fourth-order valence-electron chi connectivity index (χ4n) is 4.97. The topological polar surface area (TPSA) is 78.9 Å². The molecule has 4 aromatic carbocycles. The molecule has 5 rings (SSSR count). The maximum atomic E-state index is 13.5. The molecule has 1 saturated heterocycles. The van der Waals surface area contributed by atoms with Crippen LogP contribution in [0.4, 0.5) is 17.1 Å². The summed E-state index contributed by atoms with van der Waals surface area (Å²) in [6.07, 6.45) is 0.879. The Morgan fingerprint density at radius 3 is 2.27 bits per heavy atom. The van der Waals surface area contributed by atoms with E-state index < -0.39 is 17.7 Å². The van der Waals surface area contributed by atoms with Crippen LogP contribution in [-0.2, 0) is 9.59 Å². The van der Waals surface area contributed by atoms with Crippen LogP contribution in [0.25, 0.3) is 5.76 Å². The molecular weight excluding hydrogens is 500 g/mol. The lowest BCUT2D eigenvalue weighted by Crippen LogP contribution is -2.29. The molecule has 0 saturated carbocycles. The number of rotatable bonds is 8. The van der Waals surface area contributed by atoms with Crippen LogP contribution in [-0.4, -0.2) is 23.4 Å². The largest absolute Gasteiger partial charge is 0.507 e. The number of hydrogen-bond acceptors (Lipinski definition) is 5. The van der Waals surface area contributed by atoms with Gasteiger partial charge in [0.25, 0.3) is 11.7 Å². The minimum atomic E-state index is -0.788. The van der Waals surface area contributed by atoms with Crippen molar-refractivity contribution in [2.24, 2.45) is 0 Å². The number of para-hydroxylation sites is 1. The Bertz CT molecular complexity index is 1580. The number of ketones is 1. The number of amides is 1. The number of benzene rings is 4. The first kappa shape index (κ1) is 26.8. The summed E-state index contributed by atoms with van der Waals surface area (Å²) in [4.78, 5) is 28.5. The molecule has 0 spiro atoms. The van der Waals surface area contributed by atoms with E-state index >= 15 is 0 Å². The molecule has 1 atom stereocenters. The molecule has 1 unspecified atom stereocenters. The lowest BCUT2D eigenvalue weighted by Gasteiger charge is -2.26. The van der Waals surface area contributed by atoms with Gasteiger partial charge in [-0.15, -0.1) is 0 Å². The number of carbonyl (C=O) groups is 2. The molecule has 1 aliphatic rings. The van der Waals surface area contributed by atoms with Crippen LogP contribution in [0, 0.1) is 13.8 Å². The number of Topliss-reactive ketones (excluding diaryl/α,β-unsaturated/α-hetero) is 1. The van der Waals surface area contributed by atoms with Gasteiger partial charge in [-0.05, 0) is 86.0 Å². The summed E-state index contributed by atoms with van der Waals surface area (Å²) in [5.74, 6) is -0.894. The zero-order chi connectivity index (χ0) is 28.2. The number of hydrogen-bond donors (Lipinski definition) is 2. The molecule has 1 heterocycles. The van der Waals surface area contributed by atoms with E-state index in [2.05, 4.69) is 5.32 Å². The number of aryl methyl sites for hydroxylation is 2. The van der Waals surface area contributed by atoms with E-state index in [1.165, 1.54) is 4.90 Å². The Kier molecular flexibility index (Phi) is 7.69. The Balaban J connectivity index is 1.57. The standard InChI is InChI=1S/C34H32N2O4/c1-4-19-40-29-18-13-25(21-23(29)3)32(37)30-31(24-10-8-9-22(2)20-24)36(34(39)33(30)38)28-16-14-27(15-17-28)35-26-11-6-5-7-12-26/h5-18,20-21,31,35,37H,4,19H2,1-3H3/b32-30-. The number of aliphatic hydroxyl groups excluding tert-OH is 1. The van der Waals surface area contributed by atoms with Gasteiger partial charge in [0.05, 0.1) is 18.2 Å². The molecule has 1 amide bonds. The maximum Gasteiger partial charge on any atom is 0.300 e. The zero-order valence-electron chi connectivity index (χ0n) is 22.8. The molecule has 40 heavy (non-hydrogen) atoms. The van der Waals surface area contributed by atoms with Gasteiger partial charge in [0, 0.05) is 22.6 Å². The third-order valence-electron chi connectivity index (χ3n) is 6.92. The first-order valence-electron chi connectivity index (χ1n) is 13.4. The second-order valence-electron chi connectivity index (χ2n) is 9.95. The molecule has 0 aromatic heterocycles. The van der Waals surface area contributed by atoms with Crippen LogP contribution >= 0.6 is 0 Å². The van der Waals surface area contributed by atoms with Gasteiger partial charge in [0.15, 0.2) is 0 Å². The summed E-state index contributed by atoms with van der Waals surface area (Å²) < 4.78 is 5.78. The van der Waals surface area contributed by atoms with Gasteiger partial charge in [-0.1, -0.05) is 55.0 Å². The number of nitrogens with zero attached hydrogens (tertiary/aromatic N) is 1. The van der Waals surface area contributed by atoms with Crippen molar-refractivity contribution in [3.05, 3.63) is 125 Å². The highest BCUT2D eigenvalue weighted by Gasteiger charge is 2.47. The highest BCUT2D eigenvalue weighted by Crippen LogP contribution is 2.43. The molecule has 4 aromatic rings. The molecule has 0 bridgehead atoms. The van der Waals surface area contributed by atoms with Crippen LogP contribution in [0.2, 0.25) is 0 Å². The lowest BCUT2D eigenvalue weighted by molar-refractivity contribution is -0.132. The predicted molar refractivity (Wildman–Crippen MR) is 159 cm³/mol. The van der Waals surface area contributed by atoms with Crippen molar-refractivity contribution in [1.29, 1.82) is 0 Å². The molecule has 202 valence electrons. The van der Waals surface area contributed by atoms with E-state index in [9.17, 15) is 14.7 Å². The molecule has 0 aliphatic carbocycles. The number of ether oxygens (including phenoxy) is 1. The number of anilines is 3. The van der Waals surface area contributed by atoms with Crippen LogP contribution in [0.1, 0.15) is 41.6 Å². The summed E-state index contributed by atoms with van der Waals surface area (Å²) >= 11 is 0. The zero-order valence-corrected chi connectivity index (χ0v) is 22.8. The Hall–Kier alpha value is -4.84. The summed E-state index contributed by atoms with van der Waals surface area (Å²) in [6, 6.07) is 29.3. The average molecular weight is 533 g/mol. The highest BCUT2D eigenvalue weighted by atomic mass is 16.5. The minimum Gasteiger partial charge on any atom is -0.507 e. The van der Waals surface area contributed by atoms with E-state index in [-0.39, 0.29) is 11.3 Å². The fourth-order valence-corrected chi connectivity index (χ4v) is 4.97. The van der Waals surface area contributed by atoms with Crippen molar-refractivity contribution in [3.63, 3.8) is 0 Å². The van der Waals surface area contributed by atoms with Gasteiger partial charge < -0.3 is 15.2 Å². The van der Waals surface area contributed by atoms with Gasteiger partial charge in [-0.25, -0.2) is 0 Å². The molecule has 6 heteroatoms. The van der Waals surface area contributed by atoms with Gasteiger partial charge in [-0.3, -0.25) is 14.5 Å². The minimum absolute atomic E-state index is 0.0590. The Labute approximate surface area is 234 Å². The van der Waals surface area contributed by atoms with Crippen LogP contribution in [0.3, 0.4) is 0 Å². The van der Waals surface area contributed by atoms with Gasteiger partial charge in [0.1, 0.15) is 11.5 Å².